The van der Waals surface area contributed by atoms with Crippen molar-refractivity contribution in [1.29, 1.82) is 0 Å². The van der Waals surface area contributed by atoms with Gasteiger partial charge in [-0.1, -0.05) is 73.3 Å². The van der Waals surface area contributed by atoms with Crippen molar-refractivity contribution in [2.75, 3.05) is 20.7 Å². The Morgan fingerprint density at radius 3 is 1.83 bits per heavy atom. The molecule has 0 spiro atoms. The van der Waals surface area contributed by atoms with Gasteiger partial charge < -0.3 is 4.74 Å². The second kappa shape index (κ2) is 10.1. The number of rotatable bonds is 4. The standard InChI is InChI=1S/C26H22N.C6H10O2/c1-27(2,25-15-7-12-19-9-5-6-14-23(19)25)26-16-8-13-22-17-20-10-3-4-11-21(20)18-24(22)26;1-4-8-6(7)5(2)3/h3-18H,1-2H3;2,4H2,1,3H3/q+1;. The van der Waals surface area contributed by atoms with Crippen LogP contribution >= 0.6 is 0 Å². The summed E-state index contributed by atoms with van der Waals surface area (Å²) in [6, 6.07) is 35.2. The van der Waals surface area contributed by atoms with Gasteiger partial charge in [-0.3, -0.25) is 4.48 Å². The van der Waals surface area contributed by atoms with E-state index in [0.29, 0.717) is 16.7 Å². The first-order chi connectivity index (χ1) is 16.8. The van der Waals surface area contributed by atoms with Crippen molar-refractivity contribution in [2.45, 2.75) is 13.8 Å². The minimum Gasteiger partial charge on any atom is -0.463 e. The maximum atomic E-state index is 10.4. The van der Waals surface area contributed by atoms with Gasteiger partial charge in [0.15, 0.2) is 0 Å². The Balaban J connectivity index is 0.000000314. The lowest BCUT2D eigenvalue weighted by molar-refractivity contribution is -0.138. The summed E-state index contributed by atoms with van der Waals surface area (Å²) in [4.78, 5) is 10.4. The van der Waals surface area contributed by atoms with Crippen molar-refractivity contribution in [1.82, 2.24) is 4.48 Å². The van der Waals surface area contributed by atoms with Crippen LogP contribution in [0, 0.1) is 0 Å². The lowest BCUT2D eigenvalue weighted by atomic mass is 10.00. The van der Waals surface area contributed by atoms with Crippen molar-refractivity contribution in [2.24, 2.45) is 0 Å². The molecule has 5 aromatic carbocycles. The molecule has 0 aliphatic rings. The molecule has 0 radical (unpaired) electrons. The van der Waals surface area contributed by atoms with Gasteiger partial charge in [0.05, 0.1) is 20.7 Å². The van der Waals surface area contributed by atoms with E-state index >= 15 is 0 Å². The number of ether oxygens (including phenoxy) is 1. The summed E-state index contributed by atoms with van der Waals surface area (Å²) >= 11 is 0. The van der Waals surface area contributed by atoms with Crippen LogP contribution in [-0.4, -0.2) is 26.7 Å². The predicted octanol–water partition coefficient (Wildman–Crippen LogP) is 8.17. The topological polar surface area (TPSA) is 26.3 Å². The summed E-state index contributed by atoms with van der Waals surface area (Å²) < 4.78 is 5.27. The van der Waals surface area contributed by atoms with E-state index in [-0.39, 0.29) is 5.97 Å². The number of hydrogen-bond donors (Lipinski definition) is 0. The smallest absolute Gasteiger partial charge is 0.333 e. The molecule has 0 amide bonds. The Morgan fingerprint density at radius 1 is 0.714 bits per heavy atom. The summed E-state index contributed by atoms with van der Waals surface area (Å²) in [5.74, 6) is -0.312. The molecule has 3 nitrogen and oxygen atoms in total. The number of nitrogens with zero attached hydrogens (tertiary/aromatic N) is 1. The minimum absolute atomic E-state index is 0.312. The van der Waals surface area contributed by atoms with Gasteiger partial charge in [0.2, 0.25) is 0 Å². The van der Waals surface area contributed by atoms with Crippen LogP contribution in [-0.2, 0) is 9.53 Å². The second-order valence-electron chi connectivity index (χ2n) is 9.15. The van der Waals surface area contributed by atoms with Crippen LogP contribution in [0.1, 0.15) is 13.8 Å². The van der Waals surface area contributed by atoms with E-state index in [1.165, 1.54) is 43.7 Å². The maximum absolute atomic E-state index is 10.4. The normalized spacial score (nSPS) is 11.2. The number of quaternary nitrogens is 1. The van der Waals surface area contributed by atoms with E-state index in [1.807, 2.05) is 0 Å². The molecule has 176 valence electrons. The average Bonchev–Trinajstić information content (AvgIpc) is 2.87. The Morgan fingerprint density at radius 2 is 1.23 bits per heavy atom. The van der Waals surface area contributed by atoms with Crippen molar-refractivity contribution < 1.29 is 9.53 Å². The van der Waals surface area contributed by atoms with E-state index < -0.39 is 0 Å². The fraction of sp³-hybridized carbons (Fsp3) is 0.156. The number of esters is 1. The molecular weight excluding hydrogens is 430 g/mol. The van der Waals surface area contributed by atoms with E-state index in [2.05, 4.69) is 122 Å². The van der Waals surface area contributed by atoms with Crippen LogP contribution in [0.15, 0.2) is 109 Å². The highest BCUT2D eigenvalue weighted by Crippen LogP contribution is 2.40. The number of hydrogen-bond acceptors (Lipinski definition) is 2. The van der Waals surface area contributed by atoms with Crippen molar-refractivity contribution >= 4 is 49.7 Å². The summed E-state index contributed by atoms with van der Waals surface area (Å²) in [6.45, 7) is 7.21. The summed E-state index contributed by atoms with van der Waals surface area (Å²) in [7, 11) is 4.57. The lowest BCUT2D eigenvalue weighted by Crippen LogP contribution is -2.34. The third kappa shape index (κ3) is 4.96. The molecule has 0 aliphatic heterocycles. The first kappa shape index (κ1) is 24.2. The molecule has 0 fully saturated rings. The lowest BCUT2D eigenvalue weighted by Gasteiger charge is -2.31. The maximum Gasteiger partial charge on any atom is 0.333 e. The molecule has 5 aromatic rings. The zero-order chi connectivity index (χ0) is 25.0. The summed E-state index contributed by atoms with van der Waals surface area (Å²) in [5, 5.41) is 7.77. The molecule has 35 heavy (non-hydrogen) atoms. The molecule has 5 rings (SSSR count). The zero-order valence-electron chi connectivity index (χ0n) is 20.9. The second-order valence-corrected chi connectivity index (χ2v) is 9.15. The van der Waals surface area contributed by atoms with Gasteiger partial charge in [0.1, 0.15) is 11.4 Å². The number of fused-ring (bicyclic) bond motifs is 3. The average molecular weight is 463 g/mol. The monoisotopic (exact) mass is 462 g/mol. The van der Waals surface area contributed by atoms with Crippen molar-refractivity contribution in [3.05, 3.63) is 109 Å². The quantitative estimate of drug-likeness (QED) is 0.116. The van der Waals surface area contributed by atoms with E-state index in [1.54, 1.807) is 13.8 Å². The Hall–Kier alpha value is -3.95. The van der Waals surface area contributed by atoms with Gasteiger partial charge in [0.25, 0.3) is 0 Å². The molecule has 0 aliphatic carbocycles. The molecule has 0 aromatic heterocycles. The van der Waals surface area contributed by atoms with Gasteiger partial charge in [-0.15, -0.1) is 0 Å². The van der Waals surface area contributed by atoms with Crippen LogP contribution in [0.5, 0.6) is 0 Å². The molecule has 0 saturated carbocycles. The van der Waals surface area contributed by atoms with Gasteiger partial charge in [-0.2, -0.15) is 0 Å². The Bertz CT molecular complexity index is 1530. The van der Waals surface area contributed by atoms with E-state index in [4.69, 9.17) is 0 Å². The Labute approximate surface area is 207 Å². The highest BCUT2D eigenvalue weighted by molar-refractivity contribution is 6.05. The Kier molecular flexibility index (Phi) is 6.99. The number of carbonyl (C=O) groups excluding carboxylic acids is 1. The molecule has 0 atom stereocenters. The van der Waals surface area contributed by atoms with Gasteiger partial charge >= 0.3 is 5.97 Å². The summed E-state index contributed by atoms with van der Waals surface area (Å²) in [5.41, 5.74) is 3.08. The highest BCUT2D eigenvalue weighted by Gasteiger charge is 2.27. The third-order valence-electron chi connectivity index (χ3n) is 6.32. The minimum atomic E-state index is -0.312. The van der Waals surface area contributed by atoms with Crippen LogP contribution in [0.4, 0.5) is 11.4 Å². The fourth-order valence-corrected chi connectivity index (χ4v) is 4.52. The molecule has 0 heterocycles. The SMILES string of the molecule is C=C(C)C(=O)OCC.C[N+](C)(c1cccc2ccccc12)c1cccc2cc3ccccc3cc12. The van der Waals surface area contributed by atoms with Gasteiger partial charge in [0, 0.05) is 28.5 Å². The number of carbonyl (C=O) groups is 1. The highest BCUT2D eigenvalue weighted by atomic mass is 16.5. The molecule has 0 unspecified atom stereocenters. The zero-order valence-corrected chi connectivity index (χ0v) is 20.9. The van der Waals surface area contributed by atoms with Crippen LogP contribution < -0.4 is 4.48 Å². The molecular formula is C32H32NO2+. The van der Waals surface area contributed by atoms with E-state index in [9.17, 15) is 4.79 Å². The molecule has 3 heteroatoms. The van der Waals surface area contributed by atoms with Crippen molar-refractivity contribution in [3.63, 3.8) is 0 Å². The first-order valence-electron chi connectivity index (χ1n) is 11.9. The van der Waals surface area contributed by atoms with Crippen LogP contribution in [0.3, 0.4) is 0 Å². The van der Waals surface area contributed by atoms with Crippen molar-refractivity contribution in [3.8, 4) is 0 Å². The third-order valence-corrected chi connectivity index (χ3v) is 6.32. The molecule has 0 N–H and O–H groups in total. The first-order valence-corrected chi connectivity index (χ1v) is 11.9. The molecule has 0 saturated heterocycles. The van der Waals surface area contributed by atoms with Gasteiger partial charge in [-0.25, -0.2) is 4.79 Å². The van der Waals surface area contributed by atoms with Crippen LogP contribution in [0.25, 0.3) is 32.3 Å². The largest absolute Gasteiger partial charge is 0.463 e. The molecule has 0 bridgehead atoms. The number of benzene rings is 5. The van der Waals surface area contributed by atoms with Crippen LogP contribution in [0.2, 0.25) is 0 Å². The predicted molar refractivity (Wildman–Crippen MR) is 150 cm³/mol. The fourth-order valence-electron chi connectivity index (χ4n) is 4.52. The van der Waals surface area contributed by atoms with Gasteiger partial charge in [-0.05, 0) is 53.6 Å². The summed E-state index contributed by atoms with van der Waals surface area (Å²) in [6.07, 6.45) is 0. The van der Waals surface area contributed by atoms with E-state index in [0.717, 1.165) is 0 Å².